The Bertz CT molecular complexity index is 331. The van der Waals surface area contributed by atoms with Gasteiger partial charge >= 0.3 is 5.97 Å². The van der Waals surface area contributed by atoms with Crippen LogP contribution < -0.4 is 9.86 Å². The van der Waals surface area contributed by atoms with Crippen molar-refractivity contribution in [3.05, 3.63) is 0 Å². The molecule has 1 fully saturated rings. The Kier molecular flexibility index (Phi) is 3.69. The molecule has 1 saturated carbocycles. The van der Waals surface area contributed by atoms with Crippen molar-refractivity contribution in [2.45, 2.75) is 44.1 Å². The van der Waals surface area contributed by atoms with Crippen LogP contribution in [0.2, 0.25) is 0 Å². The molecule has 1 aliphatic rings. The second-order valence-corrected chi connectivity index (χ2v) is 5.24. The van der Waals surface area contributed by atoms with Gasteiger partial charge in [0.1, 0.15) is 5.54 Å². The van der Waals surface area contributed by atoms with Gasteiger partial charge in [0.25, 0.3) is 10.2 Å². The van der Waals surface area contributed by atoms with Gasteiger partial charge in [0.2, 0.25) is 0 Å². The molecule has 0 aromatic heterocycles. The zero-order valence-corrected chi connectivity index (χ0v) is 9.22. The second-order valence-electron chi connectivity index (χ2n) is 3.95. The lowest BCUT2D eigenvalue weighted by Crippen LogP contribution is -2.55. The van der Waals surface area contributed by atoms with Crippen molar-refractivity contribution in [2.75, 3.05) is 0 Å². The highest BCUT2D eigenvalue weighted by molar-refractivity contribution is 7.87. The van der Waals surface area contributed by atoms with E-state index in [0.717, 1.165) is 12.8 Å². The Morgan fingerprint density at radius 3 is 2.00 bits per heavy atom. The first-order valence-corrected chi connectivity index (χ1v) is 6.45. The fourth-order valence-electron chi connectivity index (χ4n) is 1.96. The minimum absolute atomic E-state index is 0.304. The average Bonchev–Trinajstić information content (AvgIpc) is 2.28. The molecule has 0 bridgehead atoms. The standard InChI is InChI=1S/C8H16N2O4S/c9-15(13,14)10-8(7(11)12)5-3-1-2-4-6-8/h10H,1-6H2,(H,11,12)(H2,9,13,14). The van der Waals surface area contributed by atoms with Crippen molar-refractivity contribution in [2.24, 2.45) is 5.14 Å². The van der Waals surface area contributed by atoms with Gasteiger partial charge in [0, 0.05) is 0 Å². The molecule has 0 heterocycles. The van der Waals surface area contributed by atoms with E-state index in [-0.39, 0.29) is 0 Å². The number of rotatable bonds is 3. The molecular formula is C8H16N2O4S. The van der Waals surface area contributed by atoms with Gasteiger partial charge in [-0.2, -0.15) is 13.1 Å². The van der Waals surface area contributed by atoms with E-state index in [9.17, 15) is 13.2 Å². The molecule has 0 saturated heterocycles. The smallest absolute Gasteiger partial charge is 0.324 e. The number of aliphatic carboxylic acids is 1. The lowest BCUT2D eigenvalue weighted by molar-refractivity contribution is -0.144. The van der Waals surface area contributed by atoms with Crippen molar-refractivity contribution in [1.29, 1.82) is 0 Å². The molecule has 7 heteroatoms. The first-order chi connectivity index (χ1) is 6.86. The minimum Gasteiger partial charge on any atom is -0.480 e. The highest BCUT2D eigenvalue weighted by Crippen LogP contribution is 2.27. The van der Waals surface area contributed by atoms with Gasteiger partial charge in [-0.1, -0.05) is 25.7 Å². The summed E-state index contributed by atoms with van der Waals surface area (Å²) in [7, 11) is -3.97. The van der Waals surface area contributed by atoms with Crippen molar-refractivity contribution in [3.8, 4) is 0 Å². The van der Waals surface area contributed by atoms with E-state index in [0.29, 0.717) is 25.7 Å². The maximum atomic E-state index is 11.1. The molecule has 0 aliphatic heterocycles. The van der Waals surface area contributed by atoms with Crippen LogP contribution in [0.1, 0.15) is 38.5 Å². The highest BCUT2D eigenvalue weighted by atomic mass is 32.2. The SMILES string of the molecule is NS(=O)(=O)NC1(C(=O)O)CCCCCC1. The Balaban J connectivity index is 2.90. The van der Waals surface area contributed by atoms with Gasteiger partial charge in [-0.25, -0.2) is 5.14 Å². The molecule has 6 nitrogen and oxygen atoms in total. The molecule has 0 unspecified atom stereocenters. The number of carbonyl (C=O) groups is 1. The summed E-state index contributed by atoms with van der Waals surface area (Å²) in [5, 5.41) is 13.9. The molecule has 0 atom stereocenters. The summed E-state index contributed by atoms with van der Waals surface area (Å²) in [6, 6.07) is 0. The lowest BCUT2D eigenvalue weighted by Gasteiger charge is -2.27. The van der Waals surface area contributed by atoms with Crippen LogP contribution in [0.15, 0.2) is 0 Å². The molecule has 15 heavy (non-hydrogen) atoms. The van der Waals surface area contributed by atoms with Gasteiger partial charge in [-0.15, -0.1) is 0 Å². The quantitative estimate of drug-likeness (QED) is 0.597. The minimum atomic E-state index is -3.97. The Hall–Kier alpha value is -0.660. The van der Waals surface area contributed by atoms with Crippen molar-refractivity contribution >= 4 is 16.2 Å². The average molecular weight is 236 g/mol. The van der Waals surface area contributed by atoms with E-state index in [1.165, 1.54) is 0 Å². The van der Waals surface area contributed by atoms with Gasteiger partial charge in [-0.3, -0.25) is 4.79 Å². The molecule has 0 spiro atoms. The molecule has 88 valence electrons. The molecule has 0 amide bonds. The molecule has 0 radical (unpaired) electrons. The normalized spacial score (nSPS) is 21.9. The van der Waals surface area contributed by atoms with Crippen LogP contribution in [0.4, 0.5) is 0 Å². The summed E-state index contributed by atoms with van der Waals surface area (Å²) in [4.78, 5) is 11.1. The van der Waals surface area contributed by atoms with E-state index in [1.54, 1.807) is 0 Å². The first kappa shape index (κ1) is 12.4. The van der Waals surface area contributed by atoms with Crippen LogP contribution in [0.25, 0.3) is 0 Å². The van der Waals surface area contributed by atoms with Crippen LogP contribution in [0.3, 0.4) is 0 Å². The van der Waals surface area contributed by atoms with Gasteiger partial charge in [-0.05, 0) is 12.8 Å². The zero-order valence-electron chi connectivity index (χ0n) is 8.40. The highest BCUT2D eigenvalue weighted by Gasteiger charge is 2.41. The fourth-order valence-corrected chi connectivity index (χ4v) is 2.80. The van der Waals surface area contributed by atoms with E-state index in [4.69, 9.17) is 10.2 Å². The molecular weight excluding hydrogens is 220 g/mol. The maximum Gasteiger partial charge on any atom is 0.324 e. The van der Waals surface area contributed by atoms with Crippen LogP contribution in [-0.4, -0.2) is 25.0 Å². The van der Waals surface area contributed by atoms with Gasteiger partial charge in [0.05, 0.1) is 0 Å². The lowest BCUT2D eigenvalue weighted by atomic mass is 9.92. The molecule has 1 rings (SSSR count). The third-order valence-electron chi connectivity index (χ3n) is 2.70. The number of nitrogens with one attached hydrogen (secondary N) is 1. The summed E-state index contributed by atoms with van der Waals surface area (Å²) >= 11 is 0. The molecule has 1 aliphatic carbocycles. The number of nitrogens with two attached hydrogens (primary N) is 1. The Labute approximate surface area is 89.0 Å². The predicted octanol–water partition coefficient (Wildman–Crippen LogP) is -0.0429. The third kappa shape index (κ3) is 3.44. The van der Waals surface area contributed by atoms with E-state index < -0.39 is 21.7 Å². The molecule has 0 aromatic carbocycles. The predicted molar refractivity (Wildman–Crippen MR) is 54.3 cm³/mol. The van der Waals surface area contributed by atoms with Crippen LogP contribution in [0, 0.1) is 0 Å². The van der Waals surface area contributed by atoms with Crippen molar-refractivity contribution in [1.82, 2.24) is 4.72 Å². The first-order valence-electron chi connectivity index (χ1n) is 4.91. The Morgan fingerprint density at radius 1 is 1.20 bits per heavy atom. The summed E-state index contributed by atoms with van der Waals surface area (Å²) in [6.45, 7) is 0. The third-order valence-corrected chi connectivity index (χ3v) is 3.38. The summed E-state index contributed by atoms with van der Waals surface area (Å²) in [5.41, 5.74) is -1.40. The molecule has 0 aromatic rings. The van der Waals surface area contributed by atoms with Crippen LogP contribution in [-0.2, 0) is 15.0 Å². The topological polar surface area (TPSA) is 109 Å². The van der Waals surface area contributed by atoms with Gasteiger partial charge < -0.3 is 5.11 Å². The summed E-state index contributed by atoms with van der Waals surface area (Å²) < 4.78 is 23.9. The van der Waals surface area contributed by atoms with Crippen molar-refractivity contribution < 1.29 is 18.3 Å². The molecule has 4 N–H and O–H groups in total. The monoisotopic (exact) mass is 236 g/mol. The largest absolute Gasteiger partial charge is 0.480 e. The number of hydrogen-bond donors (Lipinski definition) is 3. The van der Waals surface area contributed by atoms with Crippen molar-refractivity contribution in [3.63, 3.8) is 0 Å². The van der Waals surface area contributed by atoms with E-state index >= 15 is 0 Å². The summed E-state index contributed by atoms with van der Waals surface area (Å²) in [6.07, 6.45) is 3.88. The van der Waals surface area contributed by atoms with Crippen LogP contribution >= 0.6 is 0 Å². The number of carboxylic acids is 1. The maximum absolute atomic E-state index is 11.1. The zero-order chi connectivity index (χ0) is 11.5. The number of hydrogen-bond acceptors (Lipinski definition) is 3. The van der Waals surface area contributed by atoms with Gasteiger partial charge in [0.15, 0.2) is 0 Å². The fraction of sp³-hybridized carbons (Fsp3) is 0.875. The van der Waals surface area contributed by atoms with E-state index in [2.05, 4.69) is 4.72 Å². The summed E-state index contributed by atoms with van der Waals surface area (Å²) in [5.74, 6) is -1.14. The van der Waals surface area contributed by atoms with E-state index in [1.807, 2.05) is 0 Å². The second kappa shape index (κ2) is 4.46. The Morgan fingerprint density at radius 2 is 1.67 bits per heavy atom. The number of carboxylic acid groups (broad SMARTS) is 1. The van der Waals surface area contributed by atoms with Crippen LogP contribution in [0.5, 0.6) is 0 Å².